The van der Waals surface area contributed by atoms with Crippen LogP contribution in [-0.4, -0.2) is 22.1 Å². The third kappa shape index (κ3) is 3.72. The molecule has 0 aliphatic heterocycles. The molecule has 1 aromatic heterocycles. The second kappa shape index (κ2) is 6.57. The van der Waals surface area contributed by atoms with E-state index in [1.807, 2.05) is 24.3 Å². The first-order chi connectivity index (χ1) is 9.99. The van der Waals surface area contributed by atoms with Crippen LogP contribution < -0.4 is 5.32 Å². The number of pyridine rings is 1. The number of aromatic nitrogens is 1. The summed E-state index contributed by atoms with van der Waals surface area (Å²) in [5, 5.41) is 14.2. The van der Waals surface area contributed by atoms with Crippen LogP contribution >= 0.6 is 0 Å². The van der Waals surface area contributed by atoms with Crippen molar-refractivity contribution < 1.29 is 9.90 Å². The third-order valence-corrected chi connectivity index (χ3v) is 3.59. The molecule has 0 aliphatic carbocycles. The van der Waals surface area contributed by atoms with Crippen LogP contribution in [0.1, 0.15) is 44.0 Å². The van der Waals surface area contributed by atoms with Crippen molar-refractivity contribution in [1.29, 1.82) is 0 Å². The van der Waals surface area contributed by atoms with Crippen LogP contribution in [-0.2, 0) is 0 Å². The molecule has 4 nitrogen and oxygen atoms in total. The van der Waals surface area contributed by atoms with Crippen LogP contribution in [0, 0.1) is 5.92 Å². The summed E-state index contributed by atoms with van der Waals surface area (Å²) < 4.78 is 0. The lowest BCUT2D eigenvalue weighted by atomic mass is 10.0. The summed E-state index contributed by atoms with van der Waals surface area (Å²) in [6.07, 6.45) is 3.65. The van der Waals surface area contributed by atoms with E-state index in [-0.39, 0.29) is 5.56 Å². The van der Waals surface area contributed by atoms with E-state index in [1.165, 1.54) is 6.20 Å². The fourth-order valence-corrected chi connectivity index (χ4v) is 2.37. The molecular weight excluding hydrogens is 264 g/mol. The van der Waals surface area contributed by atoms with E-state index < -0.39 is 5.97 Å². The summed E-state index contributed by atoms with van der Waals surface area (Å²) >= 11 is 0. The highest BCUT2D eigenvalue weighted by molar-refractivity contribution is 6.06. The highest BCUT2D eigenvalue weighted by Gasteiger charge is 2.13. The van der Waals surface area contributed by atoms with Crippen LogP contribution in [0.3, 0.4) is 0 Å². The normalized spacial score (nSPS) is 12.6. The van der Waals surface area contributed by atoms with Crippen LogP contribution in [0.2, 0.25) is 0 Å². The minimum atomic E-state index is -0.946. The number of hydrogen-bond acceptors (Lipinski definition) is 3. The standard InChI is InChI=1S/C17H22N2O2/c1-11(2)8-9-12(3)19-16-14-7-5-4-6-13(14)15(10-18-16)17(20)21/h4-7,10-12H,8-9H2,1-3H3,(H,18,19)(H,20,21). The Bertz CT molecular complexity index is 638. The van der Waals surface area contributed by atoms with Gasteiger partial charge < -0.3 is 10.4 Å². The lowest BCUT2D eigenvalue weighted by Gasteiger charge is -2.17. The number of anilines is 1. The first-order valence-corrected chi connectivity index (χ1v) is 7.36. The SMILES string of the molecule is CC(C)CCC(C)Nc1ncc(C(=O)O)c2ccccc12. The Labute approximate surface area is 125 Å². The molecule has 2 aromatic rings. The second-order valence-corrected chi connectivity index (χ2v) is 5.89. The van der Waals surface area contributed by atoms with E-state index in [0.29, 0.717) is 12.0 Å². The number of nitrogens with zero attached hydrogens (tertiary/aromatic N) is 1. The summed E-state index contributed by atoms with van der Waals surface area (Å²) in [6, 6.07) is 7.79. The Morgan fingerprint density at radius 2 is 1.86 bits per heavy atom. The monoisotopic (exact) mass is 286 g/mol. The summed E-state index contributed by atoms with van der Waals surface area (Å²) in [4.78, 5) is 15.6. The maximum Gasteiger partial charge on any atom is 0.337 e. The van der Waals surface area contributed by atoms with Gasteiger partial charge in [0.15, 0.2) is 0 Å². The van der Waals surface area contributed by atoms with Crippen molar-refractivity contribution in [1.82, 2.24) is 4.98 Å². The fourth-order valence-electron chi connectivity index (χ4n) is 2.37. The second-order valence-electron chi connectivity index (χ2n) is 5.89. The highest BCUT2D eigenvalue weighted by atomic mass is 16.4. The number of carbonyl (C=O) groups is 1. The molecule has 21 heavy (non-hydrogen) atoms. The van der Waals surface area contributed by atoms with Gasteiger partial charge in [0.25, 0.3) is 0 Å². The first kappa shape index (κ1) is 15.3. The number of nitrogens with one attached hydrogen (secondary N) is 1. The largest absolute Gasteiger partial charge is 0.478 e. The minimum Gasteiger partial charge on any atom is -0.478 e. The van der Waals surface area contributed by atoms with Gasteiger partial charge in [0.05, 0.1) is 5.56 Å². The van der Waals surface area contributed by atoms with Crippen molar-refractivity contribution >= 4 is 22.6 Å². The predicted molar refractivity (Wildman–Crippen MR) is 85.9 cm³/mol. The topological polar surface area (TPSA) is 62.2 Å². The van der Waals surface area contributed by atoms with E-state index >= 15 is 0 Å². The molecule has 1 unspecified atom stereocenters. The maximum atomic E-state index is 11.3. The number of fused-ring (bicyclic) bond motifs is 1. The van der Waals surface area contributed by atoms with Gasteiger partial charge in [-0.15, -0.1) is 0 Å². The maximum absolute atomic E-state index is 11.3. The van der Waals surface area contributed by atoms with E-state index in [1.54, 1.807) is 0 Å². The summed E-state index contributed by atoms with van der Waals surface area (Å²) in [5.74, 6) is 0.485. The van der Waals surface area contributed by atoms with Crippen molar-refractivity contribution in [2.45, 2.75) is 39.7 Å². The molecule has 0 aliphatic rings. The quantitative estimate of drug-likeness (QED) is 0.836. The van der Waals surface area contributed by atoms with Gasteiger partial charge in [-0.3, -0.25) is 0 Å². The summed E-state index contributed by atoms with van der Waals surface area (Å²) in [6.45, 7) is 6.55. The predicted octanol–water partition coefficient (Wildman–Crippen LogP) is 4.17. The molecule has 4 heteroatoms. The molecule has 112 valence electrons. The van der Waals surface area contributed by atoms with Gasteiger partial charge in [-0.2, -0.15) is 0 Å². The molecule has 0 saturated carbocycles. The number of rotatable bonds is 6. The molecule has 0 saturated heterocycles. The molecular formula is C17H22N2O2. The number of carboxylic acids is 1. The van der Waals surface area contributed by atoms with Gasteiger partial charge in [-0.05, 0) is 25.7 Å². The molecule has 0 amide bonds. The van der Waals surface area contributed by atoms with Crippen molar-refractivity contribution in [2.24, 2.45) is 5.92 Å². The van der Waals surface area contributed by atoms with Gasteiger partial charge in [0.1, 0.15) is 5.82 Å². The number of carboxylic acid groups (broad SMARTS) is 1. The first-order valence-electron chi connectivity index (χ1n) is 7.36. The zero-order valence-electron chi connectivity index (χ0n) is 12.8. The molecule has 2 N–H and O–H groups in total. The Balaban J connectivity index is 2.29. The smallest absolute Gasteiger partial charge is 0.337 e. The highest BCUT2D eigenvalue weighted by Crippen LogP contribution is 2.25. The van der Waals surface area contributed by atoms with Crippen molar-refractivity contribution in [3.05, 3.63) is 36.0 Å². The zero-order chi connectivity index (χ0) is 15.4. The Morgan fingerprint density at radius 1 is 1.19 bits per heavy atom. The minimum absolute atomic E-state index is 0.242. The number of aromatic carboxylic acids is 1. The third-order valence-electron chi connectivity index (χ3n) is 3.59. The van der Waals surface area contributed by atoms with E-state index in [2.05, 4.69) is 31.1 Å². The van der Waals surface area contributed by atoms with Crippen molar-refractivity contribution in [3.8, 4) is 0 Å². The summed E-state index contributed by atoms with van der Waals surface area (Å²) in [7, 11) is 0. The Morgan fingerprint density at radius 3 is 2.48 bits per heavy atom. The van der Waals surface area contributed by atoms with Crippen LogP contribution in [0.4, 0.5) is 5.82 Å². The van der Waals surface area contributed by atoms with Gasteiger partial charge in [-0.1, -0.05) is 38.1 Å². The van der Waals surface area contributed by atoms with Gasteiger partial charge >= 0.3 is 5.97 Å². The van der Waals surface area contributed by atoms with Gasteiger partial charge in [-0.25, -0.2) is 9.78 Å². The Hall–Kier alpha value is -2.10. The van der Waals surface area contributed by atoms with Crippen LogP contribution in [0.5, 0.6) is 0 Å². The molecule has 0 spiro atoms. The van der Waals surface area contributed by atoms with Gasteiger partial charge in [0.2, 0.25) is 0 Å². The molecule has 2 rings (SSSR count). The lowest BCUT2D eigenvalue weighted by molar-refractivity contribution is 0.0698. The molecule has 0 radical (unpaired) electrons. The van der Waals surface area contributed by atoms with Crippen LogP contribution in [0.25, 0.3) is 10.8 Å². The number of benzene rings is 1. The van der Waals surface area contributed by atoms with E-state index in [4.69, 9.17) is 0 Å². The molecule has 1 heterocycles. The van der Waals surface area contributed by atoms with E-state index in [9.17, 15) is 9.90 Å². The van der Waals surface area contributed by atoms with E-state index in [0.717, 1.165) is 29.4 Å². The molecule has 1 atom stereocenters. The molecule has 0 bridgehead atoms. The average Bonchev–Trinajstić information content (AvgIpc) is 2.45. The molecule has 1 aromatic carbocycles. The Kier molecular flexibility index (Phi) is 4.78. The zero-order valence-corrected chi connectivity index (χ0v) is 12.8. The fraction of sp³-hybridized carbons (Fsp3) is 0.412. The number of hydrogen-bond donors (Lipinski definition) is 2. The summed E-state index contributed by atoms with van der Waals surface area (Å²) in [5.41, 5.74) is 0.242. The van der Waals surface area contributed by atoms with Crippen molar-refractivity contribution in [3.63, 3.8) is 0 Å². The lowest BCUT2D eigenvalue weighted by Crippen LogP contribution is -2.17. The van der Waals surface area contributed by atoms with Gasteiger partial charge in [0, 0.05) is 23.0 Å². The van der Waals surface area contributed by atoms with Crippen LogP contribution in [0.15, 0.2) is 30.5 Å². The average molecular weight is 286 g/mol. The molecule has 0 fully saturated rings. The van der Waals surface area contributed by atoms with Crippen molar-refractivity contribution in [2.75, 3.05) is 5.32 Å².